The van der Waals surface area contributed by atoms with Gasteiger partial charge in [0.15, 0.2) is 0 Å². The Labute approximate surface area is 139 Å². The Morgan fingerprint density at radius 3 is 3.12 bits per heavy atom. The van der Waals surface area contributed by atoms with Gasteiger partial charge in [0, 0.05) is 31.7 Å². The number of hydrogen-bond donors (Lipinski definition) is 2. The largest absolute Gasteiger partial charge is 0.375 e. The first-order valence-corrected chi connectivity index (χ1v) is 7.93. The molecule has 1 aliphatic rings. The Morgan fingerprint density at radius 1 is 1.46 bits per heavy atom. The fourth-order valence-corrected chi connectivity index (χ4v) is 2.71. The Balaban J connectivity index is 1.44. The van der Waals surface area contributed by atoms with Crippen molar-refractivity contribution in [3.8, 4) is 0 Å². The number of morpholine rings is 1. The first-order chi connectivity index (χ1) is 11.7. The molecule has 1 aliphatic heterocycles. The van der Waals surface area contributed by atoms with Crippen LogP contribution in [0, 0.1) is 5.82 Å². The van der Waals surface area contributed by atoms with Crippen LogP contribution in [-0.2, 0) is 11.3 Å². The van der Waals surface area contributed by atoms with Crippen molar-refractivity contribution >= 4 is 5.91 Å². The number of aromatic amines is 1. The van der Waals surface area contributed by atoms with Crippen molar-refractivity contribution in [2.24, 2.45) is 0 Å². The lowest BCUT2D eigenvalue weighted by molar-refractivity contribution is -0.0344. The molecule has 2 aromatic rings. The van der Waals surface area contributed by atoms with Gasteiger partial charge in [-0.2, -0.15) is 5.10 Å². The molecule has 0 saturated carbocycles. The molecule has 0 radical (unpaired) electrons. The van der Waals surface area contributed by atoms with Crippen molar-refractivity contribution in [2.75, 3.05) is 26.2 Å². The van der Waals surface area contributed by atoms with Crippen LogP contribution in [0.2, 0.25) is 0 Å². The van der Waals surface area contributed by atoms with Crippen LogP contribution in [0.5, 0.6) is 0 Å². The van der Waals surface area contributed by atoms with E-state index in [4.69, 9.17) is 4.74 Å². The van der Waals surface area contributed by atoms with Crippen molar-refractivity contribution in [1.29, 1.82) is 0 Å². The normalized spacial score (nSPS) is 18.5. The molecule has 0 unspecified atom stereocenters. The molecule has 128 valence electrons. The minimum atomic E-state index is -0.286. The van der Waals surface area contributed by atoms with Gasteiger partial charge in [0.1, 0.15) is 12.1 Å². The zero-order valence-electron chi connectivity index (χ0n) is 13.2. The van der Waals surface area contributed by atoms with Gasteiger partial charge in [0.05, 0.1) is 12.7 Å². The molecule has 1 aromatic heterocycles. The SMILES string of the molecule is O=C(NCC[C@H]1CN(Cc2ccccc2F)CCO1)c1ncn[nH]1. The van der Waals surface area contributed by atoms with Gasteiger partial charge in [-0.3, -0.25) is 14.8 Å². The number of nitrogens with zero attached hydrogens (tertiary/aromatic N) is 3. The first-order valence-electron chi connectivity index (χ1n) is 7.93. The molecule has 1 saturated heterocycles. The number of nitrogens with one attached hydrogen (secondary N) is 2. The number of amides is 1. The lowest BCUT2D eigenvalue weighted by Gasteiger charge is -2.33. The van der Waals surface area contributed by atoms with E-state index < -0.39 is 0 Å². The summed E-state index contributed by atoms with van der Waals surface area (Å²) in [6, 6.07) is 6.82. The molecule has 0 aliphatic carbocycles. The van der Waals surface area contributed by atoms with E-state index in [9.17, 15) is 9.18 Å². The van der Waals surface area contributed by atoms with Crippen LogP contribution in [-0.4, -0.2) is 58.3 Å². The van der Waals surface area contributed by atoms with Crippen molar-refractivity contribution in [1.82, 2.24) is 25.4 Å². The lowest BCUT2D eigenvalue weighted by atomic mass is 10.1. The average Bonchev–Trinajstić information content (AvgIpc) is 3.12. The van der Waals surface area contributed by atoms with E-state index in [1.165, 1.54) is 12.4 Å². The summed E-state index contributed by atoms with van der Waals surface area (Å²) >= 11 is 0. The molecule has 2 heterocycles. The number of benzene rings is 1. The predicted molar refractivity (Wildman–Crippen MR) is 84.7 cm³/mol. The van der Waals surface area contributed by atoms with Crippen LogP contribution in [0.25, 0.3) is 0 Å². The highest BCUT2D eigenvalue weighted by atomic mass is 19.1. The molecule has 2 N–H and O–H groups in total. The number of H-pyrrole nitrogens is 1. The summed E-state index contributed by atoms with van der Waals surface area (Å²) in [5, 5.41) is 8.93. The maximum Gasteiger partial charge on any atom is 0.288 e. The first kappa shape index (κ1) is 16.5. The number of carbonyl (C=O) groups excluding carboxylic acids is 1. The van der Waals surface area contributed by atoms with Gasteiger partial charge in [-0.05, 0) is 12.5 Å². The summed E-state index contributed by atoms with van der Waals surface area (Å²) in [6.45, 7) is 3.14. The number of hydrogen-bond acceptors (Lipinski definition) is 5. The summed E-state index contributed by atoms with van der Waals surface area (Å²) in [6.07, 6.45) is 1.99. The fraction of sp³-hybridized carbons (Fsp3) is 0.438. The molecule has 1 atom stereocenters. The second kappa shape index (κ2) is 7.98. The predicted octanol–water partition coefficient (Wildman–Crippen LogP) is 0.965. The molecule has 24 heavy (non-hydrogen) atoms. The molecule has 7 nitrogen and oxygen atoms in total. The third kappa shape index (κ3) is 4.36. The summed E-state index contributed by atoms with van der Waals surface area (Å²) in [7, 11) is 0. The highest BCUT2D eigenvalue weighted by Gasteiger charge is 2.21. The van der Waals surface area contributed by atoms with Gasteiger partial charge < -0.3 is 10.1 Å². The minimum Gasteiger partial charge on any atom is -0.375 e. The van der Waals surface area contributed by atoms with E-state index >= 15 is 0 Å². The number of carbonyl (C=O) groups is 1. The average molecular weight is 333 g/mol. The Bertz CT molecular complexity index is 664. The lowest BCUT2D eigenvalue weighted by Crippen LogP contribution is -2.43. The number of rotatable bonds is 6. The fourth-order valence-electron chi connectivity index (χ4n) is 2.71. The van der Waals surface area contributed by atoms with Crippen LogP contribution in [0.15, 0.2) is 30.6 Å². The van der Waals surface area contributed by atoms with Gasteiger partial charge in [0.25, 0.3) is 5.91 Å². The van der Waals surface area contributed by atoms with Crippen LogP contribution in [0.1, 0.15) is 22.6 Å². The molecule has 1 aromatic carbocycles. The molecule has 1 amide bonds. The van der Waals surface area contributed by atoms with E-state index in [1.807, 2.05) is 6.07 Å². The topological polar surface area (TPSA) is 83.1 Å². The highest BCUT2D eigenvalue weighted by molar-refractivity contribution is 5.90. The highest BCUT2D eigenvalue weighted by Crippen LogP contribution is 2.14. The molecule has 8 heteroatoms. The van der Waals surface area contributed by atoms with Gasteiger partial charge >= 0.3 is 0 Å². The van der Waals surface area contributed by atoms with Crippen LogP contribution >= 0.6 is 0 Å². The number of aromatic nitrogens is 3. The zero-order valence-corrected chi connectivity index (χ0v) is 13.2. The maximum atomic E-state index is 13.7. The summed E-state index contributed by atoms with van der Waals surface area (Å²) < 4.78 is 19.5. The maximum absolute atomic E-state index is 13.7. The van der Waals surface area contributed by atoms with Crippen LogP contribution in [0.3, 0.4) is 0 Å². The minimum absolute atomic E-state index is 0.0144. The van der Waals surface area contributed by atoms with Crippen molar-refractivity contribution in [2.45, 2.75) is 19.1 Å². The van der Waals surface area contributed by atoms with Crippen molar-refractivity contribution in [3.05, 3.63) is 47.8 Å². The molecule has 0 spiro atoms. The van der Waals surface area contributed by atoms with Gasteiger partial charge in [-0.1, -0.05) is 18.2 Å². The third-order valence-electron chi connectivity index (χ3n) is 3.96. The summed E-state index contributed by atoms with van der Waals surface area (Å²) in [5.74, 6) is -0.271. The Hall–Kier alpha value is -2.32. The summed E-state index contributed by atoms with van der Waals surface area (Å²) in [4.78, 5) is 17.7. The van der Waals surface area contributed by atoms with Crippen LogP contribution in [0.4, 0.5) is 4.39 Å². The van der Waals surface area contributed by atoms with Gasteiger partial charge in [-0.25, -0.2) is 9.37 Å². The zero-order chi connectivity index (χ0) is 16.8. The molecule has 0 bridgehead atoms. The monoisotopic (exact) mass is 333 g/mol. The summed E-state index contributed by atoms with van der Waals surface area (Å²) in [5.41, 5.74) is 0.691. The van der Waals surface area contributed by atoms with Crippen molar-refractivity contribution in [3.63, 3.8) is 0 Å². The Kier molecular flexibility index (Phi) is 5.50. The molecular weight excluding hydrogens is 313 g/mol. The quantitative estimate of drug-likeness (QED) is 0.823. The van der Waals surface area contributed by atoms with Gasteiger partial charge in [-0.15, -0.1) is 0 Å². The van der Waals surface area contributed by atoms with Gasteiger partial charge in [0.2, 0.25) is 5.82 Å². The van der Waals surface area contributed by atoms with E-state index in [1.54, 1.807) is 12.1 Å². The van der Waals surface area contributed by atoms with E-state index in [0.29, 0.717) is 38.2 Å². The number of ether oxygens (including phenoxy) is 1. The van der Waals surface area contributed by atoms with Crippen LogP contribution < -0.4 is 5.32 Å². The molecular formula is C16H20FN5O2. The van der Waals surface area contributed by atoms with E-state index in [-0.39, 0.29) is 23.7 Å². The molecule has 3 rings (SSSR count). The van der Waals surface area contributed by atoms with Crippen molar-refractivity contribution < 1.29 is 13.9 Å². The number of halogens is 1. The second-order valence-electron chi connectivity index (χ2n) is 5.70. The molecule has 1 fully saturated rings. The smallest absolute Gasteiger partial charge is 0.288 e. The van der Waals surface area contributed by atoms with E-state index in [2.05, 4.69) is 25.4 Å². The second-order valence-corrected chi connectivity index (χ2v) is 5.70. The Morgan fingerprint density at radius 2 is 2.33 bits per heavy atom. The standard InChI is InChI=1S/C16H20FN5O2/c17-14-4-2-1-3-12(14)9-22-7-8-24-13(10-22)5-6-18-16(23)15-19-11-20-21-15/h1-4,11,13H,5-10H2,(H,18,23)(H,19,20,21)/t13-/m0/s1. The third-order valence-corrected chi connectivity index (χ3v) is 3.96. The van der Waals surface area contributed by atoms with E-state index in [0.717, 1.165) is 6.54 Å².